The topological polar surface area (TPSA) is 55.1 Å². The lowest BCUT2D eigenvalue weighted by molar-refractivity contribution is -0.120. The Kier molecular flexibility index (Phi) is 5.00. The van der Waals surface area contributed by atoms with Crippen LogP contribution in [0.25, 0.3) is 0 Å². The number of hydrogen-bond acceptors (Lipinski definition) is 2. The Morgan fingerprint density at radius 2 is 2.00 bits per heavy atom. The van der Waals surface area contributed by atoms with Gasteiger partial charge in [0.15, 0.2) is 0 Å². The highest BCUT2D eigenvalue weighted by atomic mass is 79.9. The van der Waals surface area contributed by atoms with Crippen molar-refractivity contribution in [2.24, 2.45) is 5.92 Å². The number of aryl methyl sites for hydroxylation is 1. The zero-order valence-electron chi connectivity index (χ0n) is 10.5. The van der Waals surface area contributed by atoms with Crippen molar-refractivity contribution in [2.45, 2.75) is 33.6 Å². The standard InChI is InChI=1S/C13H19BrN2O/c1-4-9(5-2)13(17)16-12-7-11(15)8(3)6-10(12)14/h6-7,9H,4-5,15H2,1-3H3,(H,16,17). The summed E-state index contributed by atoms with van der Waals surface area (Å²) in [6.45, 7) is 5.98. The number of halogens is 1. The molecule has 17 heavy (non-hydrogen) atoms. The molecule has 0 unspecified atom stereocenters. The second-order valence-corrected chi connectivity index (χ2v) is 5.05. The molecule has 0 spiro atoms. The molecule has 0 saturated carbocycles. The first-order valence-corrected chi connectivity index (χ1v) is 6.65. The quantitative estimate of drug-likeness (QED) is 0.833. The number of anilines is 2. The number of nitrogens with two attached hydrogens (primary N) is 1. The highest BCUT2D eigenvalue weighted by molar-refractivity contribution is 9.10. The SMILES string of the molecule is CCC(CC)C(=O)Nc1cc(N)c(C)cc1Br. The number of carbonyl (C=O) groups excluding carboxylic acids is 1. The molecule has 0 atom stereocenters. The van der Waals surface area contributed by atoms with Crippen LogP contribution in [0.3, 0.4) is 0 Å². The lowest BCUT2D eigenvalue weighted by Gasteiger charge is -2.15. The molecule has 0 radical (unpaired) electrons. The fourth-order valence-electron chi connectivity index (χ4n) is 1.68. The Balaban J connectivity index is 2.88. The Morgan fingerprint density at radius 3 is 2.53 bits per heavy atom. The minimum absolute atomic E-state index is 0.0546. The summed E-state index contributed by atoms with van der Waals surface area (Å²) in [4.78, 5) is 12.0. The van der Waals surface area contributed by atoms with Gasteiger partial charge in [0.05, 0.1) is 5.69 Å². The summed E-state index contributed by atoms with van der Waals surface area (Å²) in [6, 6.07) is 3.71. The van der Waals surface area contributed by atoms with Crippen LogP contribution in [0.15, 0.2) is 16.6 Å². The van der Waals surface area contributed by atoms with Gasteiger partial charge in [-0.05, 0) is 53.4 Å². The van der Waals surface area contributed by atoms with E-state index in [4.69, 9.17) is 5.73 Å². The molecular formula is C13H19BrN2O. The van der Waals surface area contributed by atoms with E-state index < -0.39 is 0 Å². The van der Waals surface area contributed by atoms with Crippen LogP contribution in [0.4, 0.5) is 11.4 Å². The van der Waals surface area contributed by atoms with Crippen LogP contribution in [0.5, 0.6) is 0 Å². The minimum Gasteiger partial charge on any atom is -0.398 e. The maximum Gasteiger partial charge on any atom is 0.227 e. The van der Waals surface area contributed by atoms with E-state index in [2.05, 4.69) is 21.2 Å². The first kappa shape index (κ1) is 14.0. The number of carbonyl (C=O) groups is 1. The Hall–Kier alpha value is -1.03. The molecule has 0 aromatic heterocycles. The molecular weight excluding hydrogens is 280 g/mol. The van der Waals surface area contributed by atoms with Gasteiger partial charge in [-0.1, -0.05) is 13.8 Å². The van der Waals surface area contributed by atoms with E-state index >= 15 is 0 Å². The summed E-state index contributed by atoms with van der Waals surface area (Å²) >= 11 is 3.43. The predicted octanol–water partition coefficient (Wildman–Crippen LogP) is 3.71. The van der Waals surface area contributed by atoms with Gasteiger partial charge >= 0.3 is 0 Å². The highest BCUT2D eigenvalue weighted by Gasteiger charge is 2.15. The van der Waals surface area contributed by atoms with Gasteiger partial charge in [0.25, 0.3) is 0 Å². The van der Waals surface area contributed by atoms with Crippen molar-refractivity contribution in [3.63, 3.8) is 0 Å². The van der Waals surface area contributed by atoms with E-state index in [9.17, 15) is 4.79 Å². The Morgan fingerprint density at radius 1 is 1.41 bits per heavy atom. The molecule has 1 rings (SSSR count). The van der Waals surface area contributed by atoms with E-state index in [0.29, 0.717) is 5.69 Å². The van der Waals surface area contributed by atoms with Crippen LogP contribution < -0.4 is 11.1 Å². The molecule has 4 heteroatoms. The molecule has 0 heterocycles. The van der Waals surface area contributed by atoms with Gasteiger partial charge in [-0.25, -0.2) is 0 Å². The monoisotopic (exact) mass is 298 g/mol. The summed E-state index contributed by atoms with van der Waals surface area (Å²) in [5.74, 6) is 0.114. The molecule has 94 valence electrons. The minimum atomic E-state index is 0.0546. The summed E-state index contributed by atoms with van der Waals surface area (Å²) in [5, 5.41) is 2.91. The van der Waals surface area contributed by atoms with Gasteiger partial charge in [0, 0.05) is 16.1 Å². The first-order chi connectivity index (χ1) is 7.99. The molecule has 0 fully saturated rings. The fraction of sp³-hybridized carbons (Fsp3) is 0.462. The molecule has 0 saturated heterocycles. The number of amides is 1. The number of hydrogen-bond donors (Lipinski definition) is 2. The summed E-state index contributed by atoms with van der Waals surface area (Å²) < 4.78 is 0.864. The van der Waals surface area contributed by atoms with Crippen LogP contribution in [0.2, 0.25) is 0 Å². The lowest BCUT2D eigenvalue weighted by atomic mass is 10.0. The predicted molar refractivity (Wildman–Crippen MR) is 76.0 cm³/mol. The average molecular weight is 299 g/mol. The van der Waals surface area contributed by atoms with Gasteiger partial charge < -0.3 is 11.1 Å². The van der Waals surface area contributed by atoms with Crippen LogP contribution in [0.1, 0.15) is 32.3 Å². The van der Waals surface area contributed by atoms with Gasteiger partial charge in [0.2, 0.25) is 5.91 Å². The second-order valence-electron chi connectivity index (χ2n) is 4.19. The van der Waals surface area contributed by atoms with Crippen LogP contribution >= 0.6 is 15.9 Å². The number of nitrogen functional groups attached to an aromatic ring is 1. The number of nitrogens with one attached hydrogen (secondary N) is 1. The van der Waals surface area contributed by atoms with Crippen molar-refractivity contribution in [1.29, 1.82) is 0 Å². The van der Waals surface area contributed by atoms with E-state index in [0.717, 1.165) is 28.6 Å². The van der Waals surface area contributed by atoms with Crippen LogP contribution in [0, 0.1) is 12.8 Å². The van der Waals surface area contributed by atoms with Gasteiger partial charge in [-0.15, -0.1) is 0 Å². The number of benzene rings is 1. The second kappa shape index (κ2) is 6.05. The molecule has 1 amide bonds. The van der Waals surface area contributed by atoms with Gasteiger partial charge in [-0.3, -0.25) is 4.79 Å². The van der Waals surface area contributed by atoms with Crippen molar-refractivity contribution in [1.82, 2.24) is 0 Å². The van der Waals surface area contributed by atoms with Crippen LogP contribution in [-0.2, 0) is 4.79 Å². The largest absolute Gasteiger partial charge is 0.398 e. The van der Waals surface area contributed by atoms with Gasteiger partial charge in [-0.2, -0.15) is 0 Å². The maximum atomic E-state index is 12.0. The van der Waals surface area contributed by atoms with Crippen molar-refractivity contribution >= 4 is 33.2 Å². The molecule has 0 aliphatic rings. The van der Waals surface area contributed by atoms with Crippen molar-refractivity contribution in [3.8, 4) is 0 Å². The van der Waals surface area contributed by atoms with E-state index in [1.165, 1.54) is 0 Å². The third kappa shape index (κ3) is 3.46. The molecule has 3 N–H and O–H groups in total. The summed E-state index contributed by atoms with van der Waals surface area (Å²) in [5.41, 5.74) is 8.26. The fourth-order valence-corrected chi connectivity index (χ4v) is 2.24. The molecule has 0 aliphatic heterocycles. The number of rotatable bonds is 4. The third-order valence-electron chi connectivity index (χ3n) is 2.97. The highest BCUT2D eigenvalue weighted by Crippen LogP contribution is 2.28. The molecule has 1 aromatic carbocycles. The smallest absolute Gasteiger partial charge is 0.227 e. The first-order valence-electron chi connectivity index (χ1n) is 5.86. The van der Waals surface area contributed by atoms with Crippen molar-refractivity contribution in [2.75, 3.05) is 11.1 Å². The maximum absolute atomic E-state index is 12.0. The normalized spacial score (nSPS) is 10.6. The van der Waals surface area contributed by atoms with Gasteiger partial charge in [0.1, 0.15) is 0 Å². The molecule has 0 bridgehead atoms. The zero-order valence-corrected chi connectivity index (χ0v) is 12.1. The third-order valence-corrected chi connectivity index (χ3v) is 3.63. The van der Waals surface area contributed by atoms with E-state index in [1.807, 2.05) is 26.8 Å². The average Bonchev–Trinajstić information content (AvgIpc) is 2.27. The van der Waals surface area contributed by atoms with E-state index in [1.54, 1.807) is 6.07 Å². The van der Waals surface area contributed by atoms with Crippen molar-refractivity contribution in [3.05, 3.63) is 22.2 Å². The van der Waals surface area contributed by atoms with Crippen LogP contribution in [-0.4, -0.2) is 5.91 Å². The van der Waals surface area contributed by atoms with E-state index in [-0.39, 0.29) is 11.8 Å². The zero-order chi connectivity index (χ0) is 13.0. The molecule has 1 aromatic rings. The van der Waals surface area contributed by atoms with Crippen molar-refractivity contribution < 1.29 is 4.79 Å². The summed E-state index contributed by atoms with van der Waals surface area (Å²) in [6.07, 6.45) is 1.70. The molecule has 3 nitrogen and oxygen atoms in total. The Labute approximate surface area is 111 Å². The molecule has 0 aliphatic carbocycles. The Bertz CT molecular complexity index is 414. The lowest BCUT2D eigenvalue weighted by Crippen LogP contribution is -2.22. The summed E-state index contributed by atoms with van der Waals surface area (Å²) in [7, 11) is 0.